The predicted octanol–water partition coefficient (Wildman–Crippen LogP) is -0.381. The van der Waals surface area contributed by atoms with Crippen LogP contribution in [0.15, 0.2) is 0 Å². The zero-order chi connectivity index (χ0) is 6.62. The average molecular weight is 137 g/mol. The maximum absolute atomic E-state index is 10.0. The predicted molar refractivity (Wildman–Crippen MR) is 23.6 cm³/mol. The van der Waals surface area contributed by atoms with Crippen molar-refractivity contribution in [3.63, 3.8) is 0 Å². The summed E-state index contributed by atoms with van der Waals surface area (Å²) in [4.78, 5) is 8.18. The van der Waals surface area contributed by atoms with Crippen molar-refractivity contribution in [2.75, 3.05) is 6.35 Å². The fourth-order valence-corrected chi connectivity index (χ4v) is 0.278. The highest BCUT2D eigenvalue weighted by atomic mass is 31.2. The van der Waals surface area contributed by atoms with Crippen LogP contribution in [0.25, 0.3) is 0 Å². The third-order valence-corrected chi connectivity index (χ3v) is 1.09. The molecule has 6 heteroatoms. The maximum atomic E-state index is 10.0. The molecule has 0 heterocycles. The molecule has 1 atom stereocenters. The zero-order valence-electron chi connectivity index (χ0n) is 3.81. The highest BCUT2D eigenvalue weighted by Crippen LogP contribution is 2.39. The second kappa shape index (κ2) is 2.68. The Balaban J connectivity index is 3.78. The Bertz CT molecular complexity index is 149. The van der Waals surface area contributed by atoms with E-state index in [0.717, 1.165) is 6.26 Å². The summed E-state index contributed by atoms with van der Waals surface area (Å²) in [6, 6.07) is 0. The lowest BCUT2D eigenvalue weighted by Crippen LogP contribution is -1.86. The fourth-order valence-electron chi connectivity index (χ4n) is 0.0927. The van der Waals surface area contributed by atoms with Crippen LogP contribution < -0.4 is 0 Å². The third-order valence-electron chi connectivity index (χ3n) is 0.362. The van der Waals surface area contributed by atoms with Gasteiger partial charge in [-0.05, 0) is 0 Å². The molecule has 0 aromatic heterocycles. The number of aliphatic hydroxyl groups is 1. The van der Waals surface area contributed by atoms with Crippen LogP contribution in [0.2, 0.25) is 0 Å². The van der Waals surface area contributed by atoms with Gasteiger partial charge in [0, 0.05) is 0 Å². The Kier molecular flexibility index (Phi) is 2.49. The minimum atomic E-state index is -3.98. The molecule has 0 saturated carbocycles. The summed E-state index contributed by atoms with van der Waals surface area (Å²) >= 11 is 0. The molecule has 0 aliphatic rings. The number of aliphatic hydroxyl groups excluding tert-OH is 1. The molecule has 0 aliphatic carbocycles. The molecule has 0 aromatic rings. The van der Waals surface area contributed by atoms with Crippen molar-refractivity contribution in [1.29, 1.82) is 5.26 Å². The van der Waals surface area contributed by atoms with Crippen LogP contribution in [0.1, 0.15) is 0 Å². The number of nitrogens with zero attached hydrogens (tertiary/aromatic N) is 1. The quantitative estimate of drug-likeness (QED) is 0.399. The lowest BCUT2D eigenvalue weighted by molar-refractivity contribution is 0.282. The molecule has 0 amide bonds. The van der Waals surface area contributed by atoms with Gasteiger partial charge in [-0.15, -0.1) is 5.26 Å². The number of rotatable bonds is 2. The normalized spacial score (nSPS) is 16.1. The first-order chi connectivity index (χ1) is 3.62. The van der Waals surface area contributed by atoms with E-state index in [-0.39, 0.29) is 0 Å². The largest absolute Gasteiger partial charge is 0.411 e. The molecule has 8 heavy (non-hydrogen) atoms. The van der Waals surface area contributed by atoms with Gasteiger partial charge in [-0.2, -0.15) is 0 Å². The fraction of sp³-hybridized carbons (Fsp3) is 0.500. The summed E-state index contributed by atoms with van der Waals surface area (Å²) in [6.45, 7) is 0. The summed E-state index contributed by atoms with van der Waals surface area (Å²) in [5.41, 5.74) is 0. The van der Waals surface area contributed by atoms with E-state index in [1.807, 2.05) is 0 Å². The lowest BCUT2D eigenvalue weighted by atomic mass is 11.6. The van der Waals surface area contributed by atoms with Crippen molar-refractivity contribution in [2.24, 2.45) is 0 Å². The second-order valence-electron chi connectivity index (χ2n) is 0.961. The molecule has 0 rings (SSSR count). The molecule has 0 radical (unpaired) electrons. The Morgan fingerprint density at radius 3 is 2.50 bits per heavy atom. The van der Waals surface area contributed by atoms with Crippen molar-refractivity contribution in [1.82, 2.24) is 0 Å². The monoisotopic (exact) mass is 137 g/mol. The van der Waals surface area contributed by atoms with E-state index < -0.39 is 13.9 Å². The Morgan fingerprint density at radius 1 is 1.88 bits per heavy atom. The van der Waals surface area contributed by atoms with E-state index in [4.69, 9.17) is 15.3 Å². The molecule has 0 bridgehead atoms. The Labute approximate surface area is 45.7 Å². The van der Waals surface area contributed by atoms with Gasteiger partial charge in [0.2, 0.25) is 0 Å². The molecular weight excluding hydrogens is 133 g/mol. The highest BCUT2D eigenvalue weighted by molar-refractivity contribution is 7.52. The third kappa shape index (κ3) is 2.59. The smallest absolute Gasteiger partial charge is 0.383 e. The topological polar surface area (TPSA) is 90.5 Å². The molecule has 0 aliphatic heterocycles. The van der Waals surface area contributed by atoms with E-state index in [1.165, 1.54) is 0 Å². The van der Waals surface area contributed by atoms with Gasteiger partial charge in [0.25, 0.3) is 6.26 Å². The summed E-state index contributed by atoms with van der Waals surface area (Å²) in [6.07, 6.45) is -0.0415. The maximum Gasteiger partial charge on any atom is 0.411 e. The van der Waals surface area contributed by atoms with Gasteiger partial charge in [-0.1, -0.05) is 0 Å². The Hall–Kier alpha value is -0.560. The van der Waals surface area contributed by atoms with E-state index in [0.29, 0.717) is 0 Å². The zero-order valence-corrected chi connectivity index (χ0v) is 4.71. The minimum Gasteiger partial charge on any atom is -0.383 e. The number of hydrogen-bond donors (Lipinski definition) is 2. The van der Waals surface area contributed by atoms with Crippen LogP contribution in [-0.4, -0.2) is 16.3 Å². The van der Waals surface area contributed by atoms with Crippen LogP contribution in [0.4, 0.5) is 0 Å². The van der Waals surface area contributed by atoms with Crippen molar-refractivity contribution in [3.8, 4) is 6.26 Å². The van der Waals surface area contributed by atoms with Crippen LogP contribution in [0, 0.1) is 11.5 Å². The first kappa shape index (κ1) is 7.44. The van der Waals surface area contributed by atoms with Crippen LogP contribution in [0.3, 0.4) is 0 Å². The van der Waals surface area contributed by atoms with E-state index >= 15 is 0 Å². The van der Waals surface area contributed by atoms with Crippen LogP contribution >= 0.6 is 7.60 Å². The first-order valence-corrected chi connectivity index (χ1v) is 3.39. The van der Waals surface area contributed by atoms with Crippen molar-refractivity contribution in [2.45, 2.75) is 0 Å². The van der Waals surface area contributed by atoms with Crippen molar-refractivity contribution in [3.05, 3.63) is 0 Å². The van der Waals surface area contributed by atoms with Gasteiger partial charge < -0.3 is 14.5 Å². The number of hydrogen-bond acceptors (Lipinski definition) is 4. The summed E-state index contributed by atoms with van der Waals surface area (Å²) < 4.78 is 13.6. The minimum absolute atomic E-state index is 0.986. The molecule has 0 fully saturated rings. The standard InChI is InChI=1S/C2H4NO4P/c3-1-7-8(5,6)2-4/h4H,2H2,(H,5,6). The molecule has 0 aromatic carbocycles. The van der Waals surface area contributed by atoms with Gasteiger partial charge in [0.05, 0.1) is 0 Å². The van der Waals surface area contributed by atoms with E-state index in [1.54, 1.807) is 0 Å². The van der Waals surface area contributed by atoms with Gasteiger partial charge in [-0.25, -0.2) is 4.57 Å². The van der Waals surface area contributed by atoms with Crippen LogP contribution in [-0.2, 0) is 9.09 Å². The van der Waals surface area contributed by atoms with Crippen LogP contribution in [0.5, 0.6) is 0 Å². The van der Waals surface area contributed by atoms with Crippen molar-refractivity contribution >= 4 is 7.60 Å². The highest BCUT2D eigenvalue weighted by Gasteiger charge is 2.16. The SMILES string of the molecule is N#COP(=O)(O)CO. The molecule has 1 unspecified atom stereocenters. The van der Waals surface area contributed by atoms with E-state index in [2.05, 4.69) is 4.52 Å². The van der Waals surface area contributed by atoms with Crippen molar-refractivity contribution < 1.29 is 19.1 Å². The summed E-state index contributed by atoms with van der Waals surface area (Å²) in [5, 5.41) is 15.6. The molecule has 46 valence electrons. The number of nitriles is 1. The van der Waals surface area contributed by atoms with Gasteiger partial charge in [0.1, 0.15) is 0 Å². The molecule has 5 nitrogen and oxygen atoms in total. The molecule has 0 saturated heterocycles. The van der Waals surface area contributed by atoms with Gasteiger partial charge in [-0.3, -0.25) is 0 Å². The van der Waals surface area contributed by atoms with E-state index in [9.17, 15) is 4.57 Å². The summed E-state index contributed by atoms with van der Waals surface area (Å²) in [5.74, 6) is 0. The first-order valence-electron chi connectivity index (χ1n) is 1.63. The summed E-state index contributed by atoms with van der Waals surface area (Å²) in [7, 11) is -3.98. The molecular formula is C2H4NO4P. The lowest BCUT2D eigenvalue weighted by Gasteiger charge is -1.99. The molecule has 0 spiro atoms. The molecule has 2 N–H and O–H groups in total. The van der Waals surface area contributed by atoms with Gasteiger partial charge in [0.15, 0.2) is 6.35 Å². The Morgan fingerprint density at radius 2 is 2.38 bits per heavy atom. The van der Waals surface area contributed by atoms with Gasteiger partial charge >= 0.3 is 7.60 Å². The second-order valence-corrected chi connectivity index (χ2v) is 2.70. The average Bonchev–Trinajstić information content (AvgIpc) is 1.67.